The van der Waals surface area contributed by atoms with Crippen LogP contribution in [0.3, 0.4) is 0 Å². The zero-order valence-corrected chi connectivity index (χ0v) is 11.1. The molecule has 1 aromatic rings. The summed E-state index contributed by atoms with van der Waals surface area (Å²) in [5.74, 6) is -0.515. The summed E-state index contributed by atoms with van der Waals surface area (Å²) in [6, 6.07) is 4.85. The third-order valence-corrected chi connectivity index (χ3v) is 3.41. The number of hydrogen-bond donors (Lipinski definition) is 2. The first kappa shape index (κ1) is 13.6. The van der Waals surface area contributed by atoms with Crippen LogP contribution >= 0.6 is 11.6 Å². The topological polar surface area (TPSA) is 72.2 Å². The number of nitrogens with two attached hydrogens (primary N) is 1. The molecule has 5 heteroatoms. The van der Waals surface area contributed by atoms with Crippen molar-refractivity contribution in [3.05, 3.63) is 40.9 Å². The second-order valence-electron chi connectivity index (χ2n) is 4.54. The van der Waals surface area contributed by atoms with Gasteiger partial charge in [-0.3, -0.25) is 9.59 Å². The minimum absolute atomic E-state index is 0.138. The zero-order chi connectivity index (χ0) is 13.8. The lowest BCUT2D eigenvalue weighted by molar-refractivity contribution is -0.116. The zero-order valence-electron chi connectivity index (χ0n) is 10.4. The summed E-state index contributed by atoms with van der Waals surface area (Å²) in [5.41, 5.74) is 5.79. The molecule has 1 aliphatic rings. The molecule has 2 amide bonds. The van der Waals surface area contributed by atoms with Gasteiger partial charge in [0.2, 0.25) is 5.91 Å². The van der Waals surface area contributed by atoms with Crippen molar-refractivity contribution in [2.45, 2.75) is 19.3 Å². The van der Waals surface area contributed by atoms with E-state index in [9.17, 15) is 9.59 Å². The molecule has 0 saturated heterocycles. The number of allylic oxidation sites excluding steroid dienone is 2. The highest BCUT2D eigenvalue weighted by atomic mass is 35.5. The third-order valence-electron chi connectivity index (χ3n) is 3.09. The van der Waals surface area contributed by atoms with E-state index in [-0.39, 0.29) is 22.4 Å². The number of benzene rings is 1. The van der Waals surface area contributed by atoms with Gasteiger partial charge in [-0.2, -0.15) is 0 Å². The molecule has 0 unspecified atom stereocenters. The largest absolute Gasteiger partial charge is 0.365 e. The molecule has 100 valence electrons. The van der Waals surface area contributed by atoms with Crippen LogP contribution in [0.1, 0.15) is 29.6 Å². The van der Waals surface area contributed by atoms with E-state index in [1.807, 2.05) is 6.08 Å². The third kappa shape index (κ3) is 3.35. The predicted octanol–water partition coefficient (Wildman–Crippen LogP) is 2.73. The van der Waals surface area contributed by atoms with Crippen molar-refractivity contribution in [3.8, 4) is 0 Å². The predicted molar refractivity (Wildman–Crippen MR) is 75.1 cm³/mol. The van der Waals surface area contributed by atoms with E-state index >= 15 is 0 Å². The van der Waals surface area contributed by atoms with Gasteiger partial charge in [-0.15, -0.1) is 0 Å². The Kier molecular flexibility index (Phi) is 4.22. The number of hydrogen-bond acceptors (Lipinski definition) is 2. The Bertz CT molecular complexity index is 540. The molecule has 0 aliphatic heterocycles. The van der Waals surface area contributed by atoms with Gasteiger partial charge in [0.25, 0.3) is 5.91 Å². The Balaban J connectivity index is 2.10. The molecule has 2 rings (SSSR count). The number of rotatable bonds is 4. The Morgan fingerprint density at radius 1 is 1.42 bits per heavy atom. The van der Waals surface area contributed by atoms with Crippen LogP contribution in [-0.4, -0.2) is 11.8 Å². The van der Waals surface area contributed by atoms with Gasteiger partial charge in [0.1, 0.15) is 0 Å². The fourth-order valence-electron chi connectivity index (χ4n) is 2.18. The van der Waals surface area contributed by atoms with Crippen LogP contribution in [0.15, 0.2) is 30.4 Å². The van der Waals surface area contributed by atoms with Crippen molar-refractivity contribution >= 4 is 29.1 Å². The van der Waals surface area contributed by atoms with Gasteiger partial charge in [-0.25, -0.2) is 0 Å². The van der Waals surface area contributed by atoms with E-state index in [1.165, 1.54) is 0 Å². The summed E-state index contributed by atoms with van der Waals surface area (Å²) >= 11 is 5.91. The van der Waals surface area contributed by atoms with E-state index in [2.05, 4.69) is 11.4 Å². The monoisotopic (exact) mass is 278 g/mol. The van der Waals surface area contributed by atoms with Gasteiger partial charge < -0.3 is 11.1 Å². The van der Waals surface area contributed by atoms with Crippen molar-refractivity contribution < 1.29 is 9.59 Å². The number of carbonyl (C=O) groups excluding carboxylic acids is 2. The molecule has 1 aliphatic carbocycles. The summed E-state index contributed by atoms with van der Waals surface area (Å²) in [7, 11) is 0. The van der Waals surface area contributed by atoms with E-state index in [1.54, 1.807) is 18.2 Å². The Labute approximate surface area is 116 Å². The first-order chi connectivity index (χ1) is 9.08. The van der Waals surface area contributed by atoms with Crippen molar-refractivity contribution in [2.24, 2.45) is 11.7 Å². The molecule has 19 heavy (non-hydrogen) atoms. The van der Waals surface area contributed by atoms with Crippen LogP contribution in [0.2, 0.25) is 5.02 Å². The van der Waals surface area contributed by atoms with Crippen molar-refractivity contribution in [2.75, 3.05) is 5.32 Å². The lowest BCUT2D eigenvalue weighted by Gasteiger charge is -2.12. The Morgan fingerprint density at radius 2 is 2.21 bits per heavy atom. The summed E-state index contributed by atoms with van der Waals surface area (Å²) in [6.45, 7) is 0. The average molecular weight is 279 g/mol. The van der Waals surface area contributed by atoms with Crippen molar-refractivity contribution in [3.63, 3.8) is 0 Å². The second kappa shape index (κ2) is 5.89. The molecule has 0 saturated carbocycles. The van der Waals surface area contributed by atoms with Gasteiger partial charge >= 0.3 is 0 Å². The summed E-state index contributed by atoms with van der Waals surface area (Å²) in [6.07, 6.45) is 6.53. The number of carbonyl (C=O) groups is 2. The molecule has 0 aromatic heterocycles. The first-order valence-corrected chi connectivity index (χ1v) is 6.50. The van der Waals surface area contributed by atoms with E-state index in [0.29, 0.717) is 12.1 Å². The normalized spacial score (nSPS) is 17.4. The molecule has 1 aromatic carbocycles. The highest BCUT2D eigenvalue weighted by Crippen LogP contribution is 2.25. The standard InChI is InChI=1S/C14H15ClN2O2/c15-10-6-3-7-11(13(10)14(16)19)17-12(18)8-9-4-1-2-5-9/h1,3-4,6-7,9H,2,5,8H2,(H2,16,19)(H,17,18)/t9-/m0/s1. The lowest BCUT2D eigenvalue weighted by Crippen LogP contribution is -2.19. The van der Waals surface area contributed by atoms with Gasteiger partial charge in [0.05, 0.1) is 16.3 Å². The molecular formula is C14H15ClN2O2. The molecule has 0 fully saturated rings. The number of nitrogens with one attached hydrogen (secondary N) is 1. The average Bonchev–Trinajstić information content (AvgIpc) is 2.81. The highest BCUT2D eigenvalue weighted by Gasteiger charge is 2.17. The first-order valence-electron chi connectivity index (χ1n) is 6.12. The number of anilines is 1. The molecular weight excluding hydrogens is 264 g/mol. The molecule has 0 bridgehead atoms. The van der Waals surface area contributed by atoms with Crippen molar-refractivity contribution in [1.29, 1.82) is 0 Å². The highest BCUT2D eigenvalue weighted by molar-refractivity contribution is 6.34. The van der Waals surface area contributed by atoms with Crippen LogP contribution in [0, 0.1) is 5.92 Å². The van der Waals surface area contributed by atoms with Crippen molar-refractivity contribution in [1.82, 2.24) is 0 Å². The van der Waals surface area contributed by atoms with Crippen LogP contribution in [0.4, 0.5) is 5.69 Å². The van der Waals surface area contributed by atoms with Gasteiger partial charge in [0.15, 0.2) is 0 Å². The number of primary amides is 1. The smallest absolute Gasteiger partial charge is 0.252 e. The van der Waals surface area contributed by atoms with Crippen LogP contribution in [-0.2, 0) is 4.79 Å². The van der Waals surface area contributed by atoms with E-state index in [4.69, 9.17) is 17.3 Å². The van der Waals surface area contributed by atoms with Gasteiger partial charge in [-0.05, 0) is 30.9 Å². The maximum absolute atomic E-state index is 11.9. The van der Waals surface area contributed by atoms with Gasteiger partial charge in [0, 0.05) is 6.42 Å². The van der Waals surface area contributed by atoms with E-state index < -0.39 is 5.91 Å². The maximum Gasteiger partial charge on any atom is 0.252 e. The molecule has 0 heterocycles. The summed E-state index contributed by atoms with van der Waals surface area (Å²) in [5, 5.41) is 2.94. The fourth-order valence-corrected chi connectivity index (χ4v) is 2.45. The Hall–Kier alpha value is -1.81. The number of halogens is 1. The minimum atomic E-state index is -0.651. The quantitative estimate of drug-likeness (QED) is 0.831. The van der Waals surface area contributed by atoms with Crippen LogP contribution in [0.5, 0.6) is 0 Å². The Morgan fingerprint density at radius 3 is 2.84 bits per heavy atom. The minimum Gasteiger partial charge on any atom is -0.365 e. The molecule has 4 nitrogen and oxygen atoms in total. The second-order valence-corrected chi connectivity index (χ2v) is 4.95. The van der Waals surface area contributed by atoms with E-state index in [0.717, 1.165) is 12.8 Å². The van der Waals surface area contributed by atoms with Crippen LogP contribution < -0.4 is 11.1 Å². The summed E-state index contributed by atoms with van der Waals surface area (Å²) < 4.78 is 0. The maximum atomic E-state index is 11.9. The summed E-state index contributed by atoms with van der Waals surface area (Å²) in [4.78, 5) is 23.3. The lowest BCUT2D eigenvalue weighted by atomic mass is 10.0. The fraction of sp³-hybridized carbons (Fsp3) is 0.286. The SMILES string of the molecule is NC(=O)c1c(Cl)cccc1NC(=O)C[C@H]1C=CCC1. The van der Waals surface area contributed by atoms with Crippen LogP contribution in [0.25, 0.3) is 0 Å². The molecule has 0 radical (unpaired) electrons. The number of amides is 2. The van der Waals surface area contributed by atoms with Gasteiger partial charge in [-0.1, -0.05) is 29.8 Å². The molecule has 1 atom stereocenters. The molecule has 0 spiro atoms. The molecule has 3 N–H and O–H groups in total.